The van der Waals surface area contributed by atoms with Crippen LogP contribution in [0.2, 0.25) is 0 Å². The number of benzene rings is 1. The molecule has 1 aliphatic heterocycles. The highest BCUT2D eigenvalue weighted by molar-refractivity contribution is 9.10. The van der Waals surface area contributed by atoms with Gasteiger partial charge in [-0.25, -0.2) is 0 Å². The van der Waals surface area contributed by atoms with Gasteiger partial charge in [-0.3, -0.25) is 0 Å². The van der Waals surface area contributed by atoms with Crippen LogP contribution in [0.25, 0.3) is 0 Å². The molecule has 2 atom stereocenters. The second-order valence-corrected chi connectivity index (χ2v) is 6.47. The summed E-state index contributed by atoms with van der Waals surface area (Å²) in [6, 6.07) is 8.31. The summed E-state index contributed by atoms with van der Waals surface area (Å²) in [7, 11) is 0. The summed E-state index contributed by atoms with van der Waals surface area (Å²) in [4.78, 5) is 2.59. The van der Waals surface area contributed by atoms with Crippen LogP contribution in [0, 0.1) is 11.8 Å². The predicted octanol–water partition coefficient (Wildman–Crippen LogP) is 3.84. The summed E-state index contributed by atoms with van der Waals surface area (Å²) in [5.74, 6) is 1.69. The molecule has 1 aromatic carbocycles. The minimum Gasteiger partial charge on any atom is -0.383 e. The lowest BCUT2D eigenvalue weighted by Gasteiger charge is -2.35. The van der Waals surface area contributed by atoms with Gasteiger partial charge in [0, 0.05) is 36.3 Å². The highest BCUT2D eigenvalue weighted by Crippen LogP contribution is 2.22. The van der Waals surface area contributed by atoms with Gasteiger partial charge in [0.05, 0.1) is 0 Å². The van der Waals surface area contributed by atoms with Crippen LogP contribution in [-0.4, -0.2) is 31.1 Å². The van der Waals surface area contributed by atoms with Crippen molar-refractivity contribution in [2.45, 2.75) is 20.3 Å². The van der Waals surface area contributed by atoms with Gasteiger partial charge in [-0.2, -0.15) is 0 Å². The van der Waals surface area contributed by atoms with E-state index < -0.39 is 0 Å². The van der Waals surface area contributed by atoms with Crippen molar-refractivity contribution in [3.63, 3.8) is 0 Å². The lowest BCUT2D eigenvalue weighted by atomic mass is 9.92. The molecule has 1 saturated heterocycles. The fraction of sp³-hybridized carbons (Fsp3) is 0.600. The number of nitrogens with one attached hydrogen (secondary N) is 1. The van der Waals surface area contributed by atoms with Gasteiger partial charge in [0.25, 0.3) is 0 Å². The SMILES string of the molecule is CC1CC(C)CN(CCNc2ccccc2Br)C1. The summed E-state index contributed by atoms with van der Waals surface area (Å²) >= 11 is 3.57. The van der Waals surface area contributed by atoms with E-state index in [2.05, 4.69) is 58.2 Å². The maximum absolute atomic E-state index is 3.57. The number of rotatable bonds is 4. The summed E-state index contributed by atoms with van der Waals surface area (Å²) < 4.78 is 1.14. The van der Waals surface area contributed by atoms with E-state index in [1.165, 1.54) is 25.2 Å². The van der Waals surface area contributed by atoms with Crippen molar-refractivity contribution in [3.8, 4) is 0 Å². The average molecular weight is 311 g/mol. The van der Waals surface area contributed by atoms with E-state index in [1.54, 1.807) is 0 Å². The van der Waals surface area contributed by atoms with Crippen molar-refractivity contribution in [2.24, 2.45) is 11.8 Å². The molecule has 0 spiro atoms. The van der Waals surface area contributed by atoms with Crippen LogP contribution in [-0.2, 0) is 0 Å². The highest BCUT2D eigenvalue weighted by Gasteiger charge is 2.20. The van der Waals surface area contributed by atoms with Crippen molar-refractivity contribution < 1.29 is 0 Å². The first-order valence-corrected chi connectivity index (χ1v) is 7.65. The molecule has 2 nitrogen and oxygen atoms in total. The molecule has 1 aliphatic rings. The molecule has 100 valence electrons. The Morgan fingerprint density at radius 3 is 2.56 bits per heavy atom. The van der Waals surface area contributed by atoms with Crippen LogP contribution in [0.15, 0.2) is 28.7 Å². The third-order valence-electron chi connectivity index (χ3n) is 3.56. The minimum absolute atomic E-state index is 0.845. The molecule has 1 fully saturated rings. The summed E-state index contributed by atoms with van der Waals surface area (Å²) in [5, 5.41) is 3.50. The average Bonchev–Trinajstić information content (AvgIpc) is 2.30. The van der Waals surface area contributed by atoms with E-state index in [1.807, 2.05) is 6.07 Å². The van der Waals surface area contributed by atoms with Crippen LogP contribution >= 0.6 is 15.9 Å². The number of hydrogen-bond acceptors (Lipinski definition) is 2. The molecule has 0 aromatic heterocycles. The van der Waals surface area contributed by atoms with Crippen LogP contribution in [0.1, 0.15) is 20.3 Å². The van der Waals surface area contributed by atoms with Crippen LogP contribution in [0.3, 0.4) is 0 Å². The first kappa shape index (κ1) is 13.9. The van der Waals surface area contributed by atoms with E-state index in [4.69, 9.17) is 0 Å². The lowest BCUT2D eigenvalue weighted by Crippen LogP contribution is -2.41. The van der Waals surface area contributed by atoms with Crippen molar-refractivity contribution >= 4 is 21.6 Å². The Morgan fingerprint density at radius 2 is 1.89 bits per heavy atom. The van der Waals surface area contributed by atoms with Crippen LogP contribution < -0.4 is 5.32 Å². The molecule has 1 N–H and O–H groups in total. The summed E-state index contributed by atoms with van der Waals surface area (Å²) in [6.45, 7) is 9.38. The van der Waals surface area contributed by atoms with Gasteiger partial charge in [0.1, 0.15) is 0 Å². The van der Waals surface area contributed by atoms with Crippen molar-refractivity contribution in [1.82, 2.24) is 4.90 Å². The van der Waals surface area contributed by atoms with E-state index in [-0.39, 0.29) is 0 Å². The van der Waals surface area contributed by atoms with E-state index in [0.717, 1.165) is 29.4 Å². The topological polar surface area (TPSA) is 15.3 Å². The molecule has 1 aromatic rings. The molecular weight excluding hydrogens is 288 g/mol. The zero-order chi connectivity index (χ0) is 13.0. The highest BCUT2D eigenvalue weighted by atomic mass is 79.9. The molecule has 2 rings (SSSR count). The molecule has 0 aliphatic carbocycles. The molecule has 18 heavy (non-hydrogen) atoms. The largest absolute Gasteiger partial charge is 0.383 e. The van der Waals surface area contributed by atoms with Gasteiger partial charge >= 0.3 is 0 Å². The quantitative estimate of drug-likeness (QED) is 0.909. The van der Waals surface area contributed by atoms with Gasteiger partial charge in [0.2, 0.25) is 0 Å². The normalized spacial score (nSPS) is 25.1. The predicted molar refractivity (Wildman–Crippen MR) is 82.0 cm³/mol. The first-order valence-electron chi connectivity index (χ1n) is 6.86. The number of likely N-dealkylation sites (tertiary alicyclic amines) is 1. The fourth-order valence-corrected chi connectivity index (χ4v) is 3.35. The Labute approximate surface area is 119 Å². The van der Waals surface area contributed by atoms with E-state index in [9.17, 15) is 0 Å². The third kappa shape index (κ3) is 3.99. The molecule has 2 unspecified atom stereocenters. The Bertz CT molecular complexity index is 371. The minimum atomic E-state index is 0.845. The van der Waals surface area contributed by atoms with Gasteiger partial charge < -0.3 is 10.2 Å². The maximum Gasteiger partial charge on any atom is 0.0485 e. The molecule has 0 radical (unpaired) electrons. The number of hydrogen-bond donors (Lipinski definition) is 1. The molecule has 0 saturated carbocycles. The first-order chi connectivity index (χ1) is 8.65. The third-order valence-corrected chi connectivity index (χ3v) is 4.25. The van der Waals surface area contributed by atoms with Gasteiger partial charge in [-0.05, 0) is 46.3 Å². The maximum atomic E-state index is 3.57. The van der Waals surface area contributed by atoms with Gasteiger partial charge in [-0.15, -0.1) is 0 Å². The van der Waals surface area contributed by atoms with Crippen molar-refractivity contribution in [3.05, 3.63) is 28.7 Å². The number of piperidine rings is 1. The second kappa shape index (κ2) is 6.58. The van der Waals surface area contributed by atoms with Crippen molar-refractivity contribution in [1.29, 1.82) is 0 Å². The van der Waals surface area contributed by atoms with Gasteiger partial charge in [-0.1, -0.05) is 26.0 Å². The molecule has 0 amide bonds. The Hall–Kier alpha value is -0.540. The standard InChI is InChI=1S/C15H23BrN2/c1-12-9-13(2)11-18(10-12)8-7-17-15-6-4-3-5-14(15)16/h3-6,12-13,17H,7-11H2,1-2H3. The zero-order valence-corrected chi connectivity index (χ0v) is 12.9. The molecule has 0 bridgehead atoms. The van der Waals surface area contributed by atoms with Crippen molar-refractivity contribution in [2.75, 3.05) is 31.5 Å². The molecular formula is C15H23BrN2. The molecule has 1 heterocycles. The van der Waals surface area contributed by atoms with Gasteiger partial charge in [0.15, 0.2) is 0 Å². The van der Waals surface area contributed by atoms with E-state index in [0.29, 0.717) is 0 Å². The lowest BCUT2D eigenvalue weighted by molar-refractivity contribution is 0.146. The number of para-hydroxylation sites is 1. The molecule has 3 heteroatoms. The number of halogens is 1. The Kier molecular flexibility index (Phi) is 5.07. The number of nitrogens with zero attached hydrogens (tertiary/aromatic N) is 1. The fourth-order valence-electron chi connectivity index (χ4n) is 2.93. The Balaban J connectivity index is 1.77. The van der Waals surface area contributed by atoms with Crippen LogP contribution in [0.4, 0.5) is 5.69 Å². The zero-order valence-electron chi connectivity index (χ0n) is 11.3. The summed E-state index contributed by atoms with van der Waals surface area (Å²) in [6.07, 6.45) is 1.38. The monoisotopic (exact) mass is 310 g/mol. The number of anilines is 1. The van der Waals surface area contributed by atoms with Crippen LogP contribution in [0.5, 0.6) is 0 Å². The van der Waals surface area contributed by atoms with E-state index >= 15 is 0 Å². The Morgan fingerprint density at radius 1 is 1.22 bits per heavy atom. The summed E-state index contributed by atoms with van der Waals surface area (Å²) in [5.41, 5.74) is 1.19. The second-order valence-electron chi connectivity index (χ2n) is 5.61. The smallest absolute Gasteiger partial charge is 0.0485 e.